The molecule has 0 spiro atoms. The molecule has 76 valence electrons. The lowest BCUT2D eigenvalue weighted by molar-refractivity contribution is -0.141. The van der Waals surface area contributed by atoms with Gasteiger partial charge in [-0.3, -0.25) is 4.79 Å². The fourth-order valence-corrected chi connectivity index (χ4v) is 1.73. The quantitative estimate of drug-likeness (QED) is 0.742. The van der Waals surface area contributed by atoms with Gasteiger partial charge in [0.15, 0.2) is 0 Å². The van der Waals surface area contributed by atoms with Gasteiger partial charge in [0.25, 0.3) is 0 Å². The highest BCUT2D eigenvalue weighted by Gasteiger charge is 2.26. The summed E-state index contributed by atoms with van der Waals surface area (Å²) in [5.41, 5.74) is 2.40. The minimum absolute atomic E-state index is 0.192. The molecule has 1 aromatic carbocycles. The van der Waals surface area contributed by atoms with E-state index >= 15 is 0 Å². The van der Waals surface area contributed by atoms with Crippen LogP contribution in [0.4, 0.5) is 0 Å². The van der Waals surface area contributed by atoms with E-state index in [0.29, 0.717) is 12.8 Å². The zero-order valence-corrected chi connectivity index (χ0v) is 8.66. The molecular formula is C12H16O2. The molecule has 2 nitrogen and oxygen atoms in total. The van der Waals surface area contributed by atoms with Crippen molar-refractivity contribution in [3.05, 3.63) is 35.4 Å². The Bertz CT molecular complexity index is 293. The number of fused-ring (bicyclic) bond motifs is 1. The second kappa shape index (κ2) is 4.80. The molecule has 0 bridgehead atoms. The van der Waals surface area contributed by atoms with Crippen molar-refractivity contribution in [1.82, 2.24) is 0 Å². The monoisotopic (exact) mass is 192 g/mol. The van der Waals surface area contributed by atoms with Crippen LogP contribution in [-0.2, 0) is 17.6 Å². The number of rotatable bonds is 1. The first-order valence-corrected chi connectivity index (χ1v) is 5.07. The van der Waals surface area contributed by atoms with Crippen LogP contribution < -0.4 is 0 Å². The molecule has 1 aromatic rings. The van der Waals surface area contributed by atoms with Gasteiger partial charge in [-0.25, -0.2) is 0 Å². The maximum absolute atomic E-state index is 10.7. The van der Waals surface area contributed by atoms with Gasteiger partial charge < -0.3 is 5.11 Å². The van der Waals surface area contributed by atoms with Crippen molar-refractivity contribution in [3.63, 3.8) is 0 Å². The minimum atomic E-state index is -0.675. The Kier molecular flexibility index (Phi) is 3.69. The van der Waals surface area contributed by atoms with E-state index < -0.39 is 5.97 Å². The standard InChI is InChI=1S/C10H10O2.C2H6/c11-10(12)9-5-7-3-1-2-4-8(7)6-9;1-2/h1-4,9H,5-6H2,(H,11,12);1-2H3. The molecule has 2 rings (SSSR count). The Balaban J connectivity index is 0.000000461. The number of benzene rings is 1. The van der Waals surface area contributed by atoms with Crippen LogP contribution in [0.5, 0.6) is 0 Å². The topological polar surface area (TPSA) is 37.3 Å². The smallest absolute Gasteiger partial charge is 0.307 e. The Hall–Kier alpha value is -1.31. The molecule has 0 saturated heterocycles. The number of carboxylic acids is 1. The van der Waals surface area contributed by atoms with Crippen molar-refractivity contribution in [3.8, 4) is 0 Å². The molecule has 0 saturated carbocycles. The van der Waals surface area contributed by atoms with E-state index in [1.165, 1.54) is 11.1 Å². The van der Waals surface area contributed by atoms with Crippen molar-refractivity contribution in [1.29, 1.82) is 0 Å². The summed E-state index contributed by atoms with van der Waals surface area (Å²) in [5.74, 6) is -0.867. The van der Waals surface area contributed by atoms with Crippen LogP contribution in [-0.4, -0.2) is 11.1 Å². The SMILES string of the molecule is CC.O=C(O)C1Cc2ccccc2C1. The van der Waals surface area contributed by atoms with Crippen LogP contribution in [0, 0.1) is 5.92 Å². The highest BCUT2D eigenvalue weighted by Crippen LogP contribution is 2.26. The van der Waals surface area contributed by atoms with Crippen LogP contribution in [0.3, 0.4) is 0 Å². The summed E-state index contributed by atoms with van der Waals surface area (Å²) in [7, 11) is 0. The molecule has 0 heterocycles. The van der Waals surface area contributed by atoms with Gasteiger partial charge in [0.2, 0.25) is 0 Å². The van der Waals surface area contributed by atoms with Crippen LogP contribution in [0.15, 0.2) is 24.3 Å². The van der Waals surface area contributed by atoms with Crippen molar-refractivity contribution in [2.24, 2.45) is 5.92 Å². The van der Waals surface area contributed by atoms with E-state index in [1.54, 1.807) is 0 Å². The number of hydrogen-bond acceptors (Lipinski definition) is 1. The second-order valence-electron chi connectivity index (χ2n) is 3.21. The van der Waals surface area contributed by atoms with Crippen LogP contribution in [0.2, 0.25) is 0 Å². The number of hydrogen-bond donors (Lipinski definition) is 1. The van der Waals surface area contributed by atoms with E-state index in [2.05, 4.69) is 0 Å². The van der Waals surface area contributed by atoms with Gasteiger partial charge in [-0.15, -0.1) is 0 Å². The molecular weight excluding hydrogens is 176 g/mol. The lowest BCUT2D eigenvalue weighted by Gasteiger charge is -1.98. The van der Waals surface area contributed by atoms with E-state index in [0.717, 1.165) is 0 Å². The largest absolute Gasteiger partial charge is 0.481 e. The molecule has 1 N–H and O–H groups in total. The zero-order chi connectivity index (χ0) is 10.6. The number of aliphatic carboxylic acids is 1. The molecule has 0 fully saturated rings. The normalized spacial score (nSPS) is 14.1. The van der Waals surface area contributed by atoms with Crippen molar-refractivity contribution < 1.29 is 9.90 Å². The molecule has 0 unspecified atom stereocenters. The van der Waals surface area contributed by atoms with Gasteiger partial charge in [0, 0.05) is 0 Å². The van der Waals surface area contributed by atoms with Gasteiger partial charge in [0.05, 0.1) is 5.92 Å². The third kappa shape index (κ3) is 2.13. The molecule has 0 atom stereocenters. The summed E-state index contributed by atoms with van der Waals surface area (Å²) in [4.78, 5) is 10.7. The summed E-state index contributed by atoms with van der Waals surface area (Å²) in [5, 5.41) is 8.79. The maximum atomic E-state index is 10.7. The fraction of sp³-hybridized carbons (Fsp3) is 0.417. The molecule has 0 radical (unpaired) electrons. The van der Waals surface area contributed by atoms with Gasteiger partial charge in [0.1, 0.15) is 0 Å². The molecule has 14 heavy (non-hydrogen) atoms. The Labute approximate surface area is 84.6 Å². The van der Waals surface area contributed by atoms with Gasteiger partial charge in [-0.1, -0.05) is 38.1 Å². The first-order chi connectivity index (χ1) is 6.77. The maximum Gasteiger partial charge on any atom is 0.307 e. The first kappa shape index (κ1) is 10.8. The van der Waals surface area contributed by atoms with Crippen LogP contribution >= 0.6 is 0 Å². The second-order valence-corrected chi connectivity index (χ2v) is 3.21. The summed E-state index contributed by atoms with van der Waals surface area (Å²) in [6.07, 6.45) is 1.40. The Morgan fingerprint density at radius 1 is 1.21 bits per heavy atom. The first-order valence-electron chi connectivity index (χ1n) is 5.07. The Morgan fingerprint density at radius 2 is 1.64 bits per heavy atom. The Morgan fingerprint density at radius 3 is 2.00 bits per heavy atom. The molecule has 0 aliphatic heterocycles. The fourth-order valence-electron chi connectivity index (χ4n) is 1.73. The third-order valence-corrected chi connectivity index (χ3v) is 2.40. The van der Waals surface area contributed by atoms with Crippen molar-refractivity contribution in [2.45, 2.75) is 26.7 Å². The lowest BCUT2D eigenvalue weighted by atomic mass is 10.1. The average molecular weight is 192 g/mol. The molecule has 0 aromatic heterocycles. The molecule has 0 amide bonds. The van der Waals surface area contributed by atoms with Gasteiger partial charge >= 0.3 is 5.97 Å². The van der Waals surface area contributed by atoms with Gasteiger partial charge in [-0.05, 0) is 24.0 Å². The number of carboxylic acid groups (broad SMARTS) is 1. The predicted octanol–water partition coefficient (Wildman–Crippen LogP) is 2.51. The van der Waals surface area contributed by atoms with Crippen molar-refractivity contribution >= 4 is 5.97 Å². The van der Waals surface area contributed by atoms with Crippen molar-refractivity contribution in [2.75, 3.05) is 0 Å². The summed E-state index contributed by atoms with van der Waals surface area (Å²) in [6.45, 7) is 4.00. The van der Waals surface area contributed by atoms with E-state index in [-0.39, 0.29) is 5.92 Å². The predicted molar refractivity (Wildman–Crippen MR) is 56.3 cm³/mol. The minimum Gasteiger partial charge on any atom is -0.481 e. The lowest BCUT2D eigenvalue weighted by Crippen LogP contribution is -2.12. The molecule has 1 aliphatic carbocycles. The number of carbonyl (C=O) groups is 1. The van der Waals surface area contributed by atoms with E-state index in [4.69, 9.17) is 5.11 Å². The average Bonchev–Trinajstić information content (AvgIpc) is 2.64. The summed E-state index contributed by atoms with van der Waals surface area (Å²) < 4.78 is 0. The summed E-state index contributed by atoms with van der Waals surface area (Å²) in [6, 6.07) is 7.95. The highest BCUT2D eigenvalue weighted by atomic mass is 16.4. The van der Waals surface area contributed by atoms with E-state index in [9.17, 15) is 4.79 Å². The van der Waals surface area contributed by atoms with Crippen LogP contribution in [0.1, 0.15) is 25.0 Å². The zero-order valence-electron chi connectivity index (χ0n) is 8.66. The summed E-state index contributed by atoms with van der Waals surface area (Å²) >= 11 is 0. The molecule has 2 heteroatoms. The van der Waals surface area contributed by atoms with Crippen LogP contribution in [0.25, 0.3) is 0 Å². The van der Waals surface area contributed by atoms with E-state index in [1.807, 2.05) is 38.1 Å². The third-order valence-electron chi connectivity index (χ3n) is 2.40. The molecule has 1 aliphatic rings. The van der Waals surface area contributed by atoms with Gasteiger partial charge in [-0.2, -0.15) is 0 Å². The highest BCUT2D eigenvalue weighted by molar-refractivity contribution is 5.72.